The van der Waals surface area contributed by atoms with Crippen molar-refractivity contribution in [2.24, 2.45) is 0 Å². The van der Waals surface area contributed by atoms with Gasteiger partial charge in [-0.3, -0.25) is 0 Å². The van der Waals surface area contributed by atoms with Crippen LogP contribution in [0, 0.1) is 0 Å². The zero-order valence-electron chi connectivity index (χ0n) is 32.9. The minimum atomic E-state index is 0.842. The lowest BCUT2D eigenvalue weighted by Gasteiger charge is -2.26. The van der Waals surface area contributed by atoms with Crippen molar-refractivity contribution < 1.29 is 4.42 Å². The van der Waals surface area contributed by atoms with Crippen molar-refractivity contribution in [1.29, 1.82) is 0 Å². The van der Waals surface area contributed by atoms with Crippen LogP contribution >= 0.6 is 0 Å². The predicted octanol–water partition coefficient (Wildman–Crippen LogP) is 16.5. The van der Waals surface area contributed by atoms with Crippen LogP contribution in [0.4, 0.5) is 17.1 Å². The van der Waals surface area contributed by atoms with Gasteiger partial charge in [0.25, 0.3) is 0 Å². The van der Waals surface area contributed by atoms with E-state index < -0.39 is 0 Å². The van der Waals surface area contributed by atoms with E-state index in [1.807, 2.05) is 0 Å². The van der Waals surface area contributed by atoms with Gasteiger partial charge in [0.05, 0.1) is 5.69 Å². The summed E-state index contributed by atoms with van der Waals surface area (Å²) in [5, 5.41) is 4.64. The first-order chi connectivity index (χ1) is 29.7. The Morgan fingerprint density at radius 1 is 0.267 bits per heavy atom. The summed E-state index contributed by atoms with van der Waals surface area (Å²) in [6.45, 7) is 0. The summed E-state index contributed by atoms with van der Waals surface area (Å²) in [5.41, 5.74) is 16.4. The van der Waals surface area contributed by atoms with Crippen LogP contribution in [0.15, 0.2) is 241 Å². The van der Waals surface area contributed by atoms with Crippen molar-refractivity contribution in [1.82, 2.24) is 0 Å². The zero-order valence-corrected chi connectivity index (χ0v) is 32.9. The largest absolute Gasteiger partial charge is 0.453 e. The van der Waals surface area contributed by atoms with Gasteiger partial charge in [0.15, 0.2) is 5.58 Å². The number of hydrogen-bond donors (Lipinski definition) is 0. The highest BCUT2D eigenvalue weighted by atomic mass is 16.3. The molecule has 0 radical (unpaired) electrons. The van der Waals surface area contributed by atoms with Crippen molar-refractivity contribution in [2.75, 3.05) is 4.90 Å². The first-order valence-corrected chi connectivity index (χ1v) is 20.5. The van der Waals surface area contributed by atoms with Crippen molar-refractivity contribution in [2.45, 2.75) is 0 Å². The topological polar surface area (TPSA) is 16.4 Å². The van der Waals surface area contributed by atoms with Gasteiger partial charge in [-0.1, -0.05) is 188 Å². The summed E-state index contributed by atoms with van der Waals surface area (Å²) in [4.78, 5) is 2.33. The molecule has 0 fully saturated rings. The summed E-state index contributed by atoms with van der Waals surface area (Å²) in [6.07, 6.45) is 0. The fraction of sp³-hybridized carbons (Fsp3) is 0. The number of fused-ring (bicyclic) bond motifs is 4. The zero-order chi connectivity index (χ0) is 39.8. The van der Waals surface area contributed by atoms with Crippen molar-refractivity contribution in [3.8, 4) is 55.6 Å². The summed E-state index contributed by atoms with van der Waals surface area (Å²) < 4.78 is 7.12. The second-order valence-corrected chi connectivity index (χ2v) is 15.3. The van der Waals surface area contributed by atoms with E-state index in [1.54, 1.807) is 0 Å². The maximum atomic E-state index is 7.12. The molecule has 1 aromatic heterocycles. The quantitative estimate of drug-likeness (QED) is 0.153. The first kappa shape index (κ1) is 35.2. The van der Waals surface area contributed by atoms with E-state index in [9.17, 15) is 0 Å². The fourth-order valence-electron chi connectivity index (χ4n) is 8.58. The van der Waals surface area contributed by atoms with Crippen LogP contribution in [-0.2, 0) is 0 Å². The number of furan rings is 1. The summed E-state index contributed by atoms with van der Waals surface area (Å²) in [5.74, 6) is 0. The van der Waals surface area contributed by atoms with Crippen LogP contribution in [0.3, 0.4) is 0 Å². The van der Waals surface area contributed by atoms with Crippen molar-refractivity contribution >= 4 is 49.8 Å². The SMILES string of the molecule is c1ccc(-c2ccc(-c3ccc(N(c4ccc(-c5ccc6ccccc6c5)cc4)c4cccc5c4oc4c(-c6ccccc6)cc(-c6ccccc6)cc45)cc3)cc2)cc1. The summed E-state index contributed by atoms with van der Waals surface area (Å²) >= 11 is 0. The van der Waals surface area contributed by atoms with Gasteiger partial charge in [-0.2, -0.15) is 0 Å². The first-order valence-electron chi connectivity index (χ1n) is 20.5. The van der Waals surface area contributed by atoms with Gasteiger partial charge in [0, 0.05) is 27.7 Å². The lowest BCUT2D eigenvalue weighted by atomic mass is 9.96. The molecule has 0 atom stereocenters. The van der Waals surface area contributed by atoms with Gasteiger partial charge in [-0.15, -0.1) is 0 Å². The Morgan fingerprint density at radius 2 is 0.733 bits per heavy atom. The van der Waals surface area contributed by atoms with Crippen molar-refractivity contribution in [3.63, 3.8) is 0 Å². The van der Waals surface area contributed by atoms with Gasteiger partial charge in [0.2, 0.25) is 0 Å². The van der Waals surface area contributed by atoms with E-state index in [-0.39, 0.29) is 0 Å². The molecule has 0 unspecified atom stereocenters. The molecule has 2 heteroatoms. The third-order valence-electron chi connectivity index (χ3n) is 11.7. The molecule has 282 valence electrons. The molecule has 10 aromatic carbocycles. The number of para-hydroxylation sites is 1. The molecule has 0 spiro atoms. The number of anilines is 3. The van der Waals surface area contributed by atoms with Crippen LogP contribution in [0.2, 0.25) is 0 Å². The number of benzene rings is 10. The van der Waals surface area contributed by atoms with Gasteiger partial charge in [0.1, 0.15) is 5.58 Å². The van der Waals surface area contributed by atoms with Gasteiger partial charge >= 0.3 is 0 Å². The predicted molar refractivity (Wildman–Crippen MR) is 253 cm³/mol. The van der Waals surface area contributed by atoms with E-state index in [2.05, 4.69) is 241 Å². The van der Waals surface area contributed by atoms with E-state index in [0.29, 0.717) is 0 Å². The van der Waals surface area contributed by atoms with Gasteiger partial charge in [-0.25, -0.2) is 0 Å². The molecule has 0 bridgehead atoms. The Kier molecular flexibility index (Phi) is 8.87. The lowest BCUT2D eigenvalue weighted by molar-refractivity contribution is 0.670. The molecule has 2 nitrogen and oxygen atoms in total. The molecule has 0 amide bonds. The van der Waals surface area contributed by atoms with Crippen molar-refractivity contribution in [3.05, 3.63) is 237 Å². The van der Waals surface area contributed by atoms with Crippen LogP contribution in [-0.4, -0.2) is 0 Å². The second kappa shape index (κ2) is 15.1. The molecule has 0 aliphatic heterocycles. The average Bonchev–Trinajstić information content (AvgIpc) is 3.72. The lowest BCUT2D eigenvalue weighted by Crippen LogP contribution is -2.10. The normalized spacial score (nSPS) is 11.3. The van der Waals surface area contributed by atoms with Gasteiger partial charge < -0.3 is 9.32 Å². The molecule has 11 aromatic rings. The number of rotatable bonds is 8. The number of nitrogens with zero attached hydrogens (tertiary/aromatic N) is 1. The average molecular weight is 766 g/mol. The van der Waals surface area contributed by atoms with Crippen LogP contribution < -0.4 is 4.90 Å². The van der Waals surface area contributed by atoms with E-state index in [1.165, 1.54) is 44.2 Å². The monoisotopic (exact) mass is 765 g/mol. The molecular weight excluding hydrogens is 727 g/mol. The van der Waals surface area contributed by atoms with E-state index in [4.69, 9.17) is 4.42 Å². The molecule has 0 saturated heterocycles. The van der Waals surface area contributed by atoms with E-state index in [0.717, 1.165) is 61.3 Å². The van der Waals surface area contributed by atoms with Gasteiger partial charge in [-0.05, 0) is 109 Å². The fourth-order valence-corrected chi connectivity index (χ4v) is 8.58. The summed E-state index contributed by atoms with van der Waals surface area (Å²) in [7, 11) is 0. The smallest absolute Gasteiger partial charge is 0.159 e. The minimum Gasteiger partial charge on any atom is -0.453 e. The third-order valence-corrected chi connectivity index (χ3v) is 11.7. The highest BCUT2D eigenvalue weighted by molar-refractivity contribution is 6.15. The standard InChI is InChI=1S/C58H39NO/c1-4-13-40(14-5-1)43-23-25-44(26-24-43)45-29-33-51(34-30-45)59(52-35-31-46(32-36-52)49-28-27-42-17-10-11-20-48(42)37-49)56-22-12-21-53-55-39-50(41-15-6-2-7-16-41)38-54(57(55)60-58(53)56)47-18-8-3-9-19-47/h1-39H. The molecule has 0 N–H and O–H groups in total. The van der Waals surface area contributed by atoms with Crippen LogP contribution in [0.5, 0.6) is 0 Å². The molecule has 60 heavy (non-hydrogen) atoms. The third kappa shape index (κ3) is 6.51. The number of hydrogen-bond acceptors (Lipinski definition) is 2. The maximum Gasteiger partial charge on any atom is 0.159 e. The molecule has 11 rings (SSSR count). The van der Waals surface area contributed by atoms with Crippen LogP contribution in [0.25, 0.3) is 88.3 Å². The van der Waals surface area contributed by atoms with E-state index >= 15 is 0 Å². The molecular formula is C58H39NO. The highest BCUT2D eigenvalue weighted by Gasteiger charge is 2.22. The molecule has 0 aliphatic carbocycles. The summed E-state index contributed by atoms with van der Waals surface area (Å²) in [6, 6.07) is 84.7. The maximum absolute atomic E-state index is 7.12. The molecule has 1 heterocycles. The second-order valence-electron chi connectivity index (χ2n) is 15.3. The Labute approximate surface area is 349 Å². The Balaban J connectivity index is 1.06. The highest BCUT2D eigenvalue weighted by Crippen LogP contribution is 2.46. The Morgan fingerprint density at radius 3 is 1.33 bits per heavy atom. The van der Waals surface area contributed by atoms with Crippen LogP contribution in [0.1, 0.15) is 0 Å². The Bertz CT molecular complexity index is 3260. The molecule has 0 saturated carbocycles. The molecule has 0 aliphatic rings. The minimum absolute atomic E-state index is 0.842. The Hall–Kier alpha value is -7.94.